The summed E-state index contributed by atoms with van der Waals surface area (Å²) in [7, 11) is 0. The number of hydrogen-bond acceptors (Lipinski definition) is 5. The van der Waals surface area contributed by atoms with Gasteiger partial charge in [-0.3, -0.25) is 0 Å². The molecule has 0 aliphatic carbocycles. The maximum atomic E-state index is 5.77. The van der Waals surface area contributed by atoms with Crippen LogP contribution in [-0.2, 0) is 6.54 Å². The molecule has 0 atom stereocenters. The molecule has 0 saturated heterocycles. The standard InChI is InChI=1S/C11H8ClN3OS/c12-11-14-6-8(17-11)5-13-9-3-1-2-7-4-15-16-10(7)9/h1-4,6,13H,5H2. The zero-order chi connectivity index (χ0) is 11.7. The molecule has 0 aliphatic heterocycles. The summed E-state index contributed by atoms with van der Waals surface area (Å²) in [4.78, 5) is 5.06. The molecule has 2 aromatic heterocycles. The van der Waals surface area contributed by atoms with E-state index < -0.39 is 0 Å². The van der Waals surface area contributed by atoms with Crippen LogP contribution in [0, 0.1) is 0 Å². The third-order valence-corrected chi connectivity index (χ3v) is 3.47. The fraction of sp³-hybridized carbons (Fsp3) is 0.0909. The number of aromatic nitrogens is 2. The maximum absolute atomic E-state index is 5.77. The topological polar surface area (TPSA) is 51.0 Å². The zero-order valence-corrected chi connectivity index (χ0v) is 10.3. The molecule has 3 rings (SSSR count). The number of nitrogens with zero attached hydrogens (tertiary/aromatic N) is 2. The summed E-state index contributed by atoms with van der Waals surface area (Å²) < 4.78 is 5.75. The lowest BCUT2D eigenvalue weighted by atomic mass is 10.2. The van der Waals surface area contributed by atoms with Crippen LogP contribution in [0.4, 0.5) is 5.69 Å². The average molecular weight is 266 g/mol. The van der Waals surface area contributed by atoms with E-state index in [9.17, 15) is 0 Å². The molecule has 0 amide bonds. The summed E-state index contributed by atoms with van der Waals surface area (Å²) in [5.74, 6) is 0. The van der Waals surface area contributed by atoms with E-state index in [2.05, 4.69) is 15.5 Å². The van der Waals surface area contributed by atoms with E-state index in [4.69, 9.17) is 16.1 Å². The van der Waals surface area contributed by atoms with Gasteiger partial charge in [0.05, 0.1) is 18.4 Å². The van der Waals surface area contributed by atoms with Gasteiger partial charge in [0.25, 0.3) is 0 Å². The van der Waals surface area contributed by atoms with Crippen LogP contribution in [0.1, 0.15) is 4.88 Å². The first-order chi connectivity index (χ1) is 8.33. The summed E-state index contributed by atoms with van der Waals surface area (Å²) >= 11 is 7.23. The quantitative estimate of drug-likeness (QED) is 0.787. The molecule has 6 heteroatoms. The molecule has 0 unspecified atom stereocenters. The first-order valence-corrected chi connectivity index (χ1v) is 6.20. The van der Waals surface area contributed by atoms with E-state index >= 15 is 0 Å². The molecule has 17 heavy (non-hydrogen) atoms. The smallest absolute Gasteiger partial charge is 0.189 e. The zero-order valence-electron chi connectivity index (χ0n) is 8.68. The molecule has 0 bridgehead atoms. The molecule has 0 aliphatic rings. The second kappa shape index (κ2) is 4.35. The minimum absolute atomic E-state index is 0.555. The molecule has 0 radical (unpaired) electrons. The Hall–Kier alpha value is -1.59. The summed E-state index contributed by atoms with van der Waals surface area (Å²) in [6.45, 7) is 0.671. The van der Waals surface area contributed by atoms with Gasteiger partial charge in [0.1, 0.15) is 0 Å². The monoisotopic (exact) mass is 265 g/mol. The van der Waals surface area contributed by atoms with Gasteiger partial charge in [-0.25, -0.2) is 4.98 Å². The molecule has 0 fully saturated rings. The molecule has 3 aromatic rings. The molecule has 0 spiro atoms. The Kier molecular flexibility index (Phi) is 2.70. The van der Waals surface area contributed by atoms with Crippen molar-refractivity contribution >= 4 is 39.6 Å². The van der Waals surface area contributed by atoms with Crippen LogP contribution in [0.15, 0.2) is 35.1 Å². The number of benzene rings is 1. The Morgan fingerprint density at radius 2 is 2.29 bits per heavy atom. The first kappa shape index (κ1) is 10.6. The minimum Gasteiger partial charge on any atom is -0.377 e. The molecule has 4 nitrogen and oxygen atoms in total. The van der Waals surface area contributed by atoms with Crippen molar-refractivity contribution in [3.05, 3.63) is 39.9 Å². The summed E-state index contributed by atoms with van der Waals surface area (Å²) in [6.07, 6.45) is 3.46. The van der Waals surface area contributed by atoms with E-state index in [1.165, 1.54) is 11.3 Å². The molecule has 2 heterocycles. The van der Waals surface area contributed by atoms with Crippen molar-refractivity contribution < 1.29 is 4.52 Å². The molecular formula is C11H8ClN3OS. The molecule has 1 aromatic carbocycles. The Balaban J connectivity index is 1.83. The van der Waals surface area contributed by atoms with E-state index in [1.54, 1.807) is 12.4 Å². The van der Waals surface area contributed by atoms with Crippen molar-refractivity contribution in [3.8, 4) is 0 Å². The lowest BCUT2D eigenvalue weighted by Crippen LogP contribution is -1.97. The van der Waals surface area contributed by atoms with E-state index in [0.29, 0.717) is 11.0 Å². The summed E-state index contributed by atoms with van der Waals surface area (Å²) in [5.41, 5.74) is 1.69. The maximum Gasteiger partial charge on any atom is 0.189 e. The lowest BCUT2D eigenvalue weighted by molar-refractivity contribution is 0.457. The number of halogens is 1. The number of anilines is 1. The molecule has 0 saturated carbocycles. The van der Waals surface area contributed by atoms with Crippen LogP contribution in [0.3, 0.4) is 0 Å². The average Bonchev–Trinajstić information content (AvgIpc) is 2.94. The van der Waals surface area contributed by atoms with Crippen LogP contribution in [0.25, 0.3) is 11.0 Å². The number of thiazole rings is 1. The van der Waals surface area contributed by atoms with E-state index in [1.807, 2.05) is 18.2 Å². The van der Waals surface area contributed by atoms with Crippen LogP contribution in [0.2, 0.25) is 4.47 Å². The highest BCUT2D eigenvalue weighted by molar-refractivity contribution is 7.15. The van der Waals surface area contributed by atoms with Crippen molar-refractivity contribution in [2.45, 2.75) is 6.54 Å². The second-order valence-corrected chi connectivity index (χ2v) is 5.18. The first-order valence-electron chi connectivity index (χ1n) is 5.00. The third kappa shape index (κ3) is 2.11. The van der Waals surface area contributed by atoms with Crippen molar-refractivity contribution in [1.29, 1.82) is 0 Å². The van der Waals surface area contributed by atoms with Crippen LogP contribution in [0.5, 0.6) is 0 Å². The largest absolute Gasteiger partial charge is 0.377 e. The highest BCUT2D eigenvalue weighted by Crippen LogP contribution is 2.24. The number of rotatable bonds is 3. The van der Waals surface area contributed by atoms with E-state index in [-0.39, 0.29) is 0 Å². The Morgan fingerprint density at radius 3 is 3.12 bits per heavy atom. The SMILES string of the molecule is Clc1ncc(CNc2cccc3cnoc23)s1. The number of nitrogens with one attached hydrogen (secondary N) is 1. The number of fused-ring (bicyclic) bond motifs is 1. The van der Waals surface area contributed by atoms with Gasteiger partial charge < -0.3 is 9.84 Å². The Morgan fingerprint density at radius 1 is 1.35 bits per heavy atom. The third-order valence-electron chi connectivity index (χ3n) is 2.36. The number of hydrogen-bond donors (Lipinski definition) is 1. The van der Waals surface area contributed by atoms with Gasteiger partial charge in [-0.05, 0) is 12.1 Å². The summed E-state index contributed by atoms with van der Waals surface area (Å²) in [5, 5.41) is 8.04. The van der Waals surface area contributed by atoms with Crippen molar-refractivity contribution in [2.75, 3.05) is 5.32 Å². The van der Waals surface area contributed by atoms with Crippen LogP contribution in [-0.4, -0.2) is 10.1 Å². The normalized spacial score (nSPS) is 10.9. The predicted octanol–water partition coefficient (Wildman–Crippen LogP) is 3.55. The van der Waals surface area contributed by atoms with Gasteiger partial charge >= 0.3 is 0 Å². The fourth-order valence-corrected chi connectivity index (χ4v) is 2.50. The van der Waals surface area contributed by atoms with Gasteiger partial charge in [0.15, 0.2) is 10.0 Å². The Labute approximate surface area is 106 Å². The summed E-state index contributed by atoms with van der Waals surface area (Å²) in [6, 6.07) is 5.87. The second-order valence-electron chi connectivity index (χ2n) is 3.48. The van der Waals surface area contributed by atoms with Gasteiger partial charge in [-0.15, -0.1) is 11.3 Å². The van der Waals surface area contributed by atoms with Gasteiger partial charge in [-0.2, -0.15) is 0 Å². The van der Waals surface area contributed by atoms with Crippen molar-refractivity contribution in [3.63, 3.8) is 0 Å². The van der Waals surface area contributed by atoms with E-state index in [0.717, 1.165) is 21.5 Å². The predicted molar refractivity (Wildman–Crippen MR) is 68.5 cm³/mol. The fourth-order valence-electron chi connectivity index (χ4n) is 1.58. The Bertz CT molecular complexity index is 649. The number of para-hydroxylation sites is 1. The molecular weight excluding hydrogens is 258 g/mol. The van der Waals surface area contributed by atoms with Crippen molar-refractivity contribution in [2.24, 2.45) is 0 Å². The highest BCUT2D eigenvalue weighted by Gasteiger charge is 2.05. The van der Waals surface area contributed by atoms with Gasteiger partial charge in [0, 0.05) is 16.5 Å². The van der Waals surface area contributed by atoms with Gasteiger partial charge in [-0.1, -0.05) is 22.8 Å². The highest BCUT2D eigenvalue weighted by atomic mass is 35.5. The van der Waals surface area contributed by atoms with Crippen LogP contribution >= 0.6 is 22.9 Å². The van der Waals surface area contributed by atoms with Gasteiger partial charge in [0.2, 0.25) is 0 Å². The lowest BCUT2D eigenvalue weighted by Gasteiger charge is -2.03. The molecule has 1 N–H and O–H groups in total. The molecule has 86 valence electrons. The van der Waals surface area contributed by atoms with Crippen LogP contribution < -0.4 is 5.32 Å². The van der Waals surface area contributed by atoms with Crippen molar-refractivity contribution in [1.82, 2.24) is 10.1 Å². The minimum atomic E-state index is 0.555.